The molecule has 1 saturated carbocycles. The molecular weight excluding hydrogens is 338 g/mol. The molecule has 1 saturated heterocycles. The van der Waals surface area contributed by atoms with Crippen molar-refractivity contribution in [1.29, 1.82) is 0 Å². The highest BCUT2D eigenvalue weighted by molar-refractivity contribution is 7.13. The van der Waals surface area contributed by atoms with E-state index >= 15 is 0 Å². The Morgan fingerprint density at radius 3 is 2.88 bits per heavy atom. The molecule has 2 N–H and O–H groups in total. The molecule has 2 heterocycles. The lowest BCUT2D eigenvalue weighted by Crippen LogP contribution is -2.37. The quantitative estimate of drug-likeness (QED) is 0.910. The molecule has 2 fully saturated rings. The van der Waals surface area contributed by atoms with E-state index in [-0.39, 0.29) is 23.9 Å². The summed E-state index contributed by atoms with van der Waals surface area (Å²) in [6.45, 7) is 1.96. The van der Waals surface area contributed by atoms with Crippen LogP contribution in [-0.4, -0.2) is 40.9 Å². The molecule has 0 unspecified atom stereocenters. The molecule has 3 atom stereocenters. The largest absolute Gasteiger partial charge is 0.497 e. The number of thiazole rings is 1. The number of primary amides is 1. The van der Waals surface area contributed by atoms with Crippen molar-refractivity contribution in [2.24, 2.45) is 11.1 Å². The van der Waals surface area contributed by atoms with Crippen LogP contribution >= 0.6 is 11.3 Å². The van der Waals surface area contributed by atoms with Gasteiger partial charge in [-0.15, -0.1) is 11.3 Å². The van der Waals surface area contributed by atoms with Gasteiger partial charge >= 0.3 is 0 Å². The lowest BCUT2D eigenvalue weighted by atomic mass is 10.00. The number of likely N-dealkylation sites (tertiary alicyclic amines) is 1. The van der Waals surface area contributed by atoms with Crippen LogP contribution in [0.5, 0.6) is 5.75 Å². The van der Waals surface area contributed by atoms with Crippen molar-refractivity contribution in [3.63, 3.8) is 0 Å². The number of nitrogens with zero attached hydrogens (tertiary/aromatic N) is 2. The molecule has 25 heavy (non-hydrogen) atoms. The van der Waals surface area contributed by atoms with Gasteiger partial charge in [0.15, 0.2) is 0 Å². The lowest BCUT2D eigenvalue weighted by Gasteiger charge is -2.24. The zero-order chi connectivity index (χ0) is 17.8. The number of benzene rings is 1. The van der Waals surface area contributed by atoms with Crippen LogP contribution < -0.4 is 10.5 Å². The summed E-state index contributed by atoms with van der Waals surface area (Å²) in [5, 5.41) is 0. The lowest BCUT2D eigenvalue weighted by molar-refractivity contribution is -0.123. The molecule has 0 radical (unpaired) electrons. The first-order chi connectivity index (χ1) is 12.0. The maximum Gasteiger partial charge on any atom is 0.274 e. The summed E-state index contributed by atoms with van der Waals surface area (Å²) in [4.78, 5) is 31.9. The summed E-state index contributed by atoms with van der Waals surface area (Å²) in [6.07, 6.45) is 1.30. The third-order valence-electron chi connectivity index (χ3n) is 5.33. The van der Waals surface area contributed by atoms with Crippen molar-refractivity contribution >= 4 is 23.2 Å². The van der Waals surface area contributed by atoms with E-state index in [1.807, 2.05) is 31.2 Å². The molecule has 0 bridgehead atoms. The van der Waals surface area contributed by atoms with Crippen LogP contribution in [0.1, 0.15) is 30.3 Å². The fraction of sp³-hybridized carbons (Fsp3) is 0.389. The van der Waals surface area contributed by atoms with Gasteiger partial charge < -0.3 is 15.4 Å². The normalized spacial score (nSPS) is 27.0. The maximum atomic E-state index is 13.2. The Morgan fingerprint density at radius 2 is 2.20 bits per heavy atom. The van der Waals surface area contributed by atoms with Gasteiger partial charge in [0, 0.05) is 12.1 Å². The highest BCUT2D eigenvalue weighted by Gasteiger charge is 2.68. The van der Waals surface area contributed by atoms with Crippen LogP contribution in [0.25, 0.3) is 10.4 Å². The predicted molar refractivity (Wildman–Crippen MR) is 94.4 cm³/mol. The average Bonchev–Trinajstić information content (AvgIpc) is 3.00. The number of hydrogen-bond donors (Lipinski definition) is 1. The van der Waals surface area contributed by atoms with Crippen molar-refractivity contribution in [3.05, 3.63) is 35.5 Å². The number of rotatable bonds is 4. The van der Waals surface area contributed by atoms with E-state index in [1.165, 1.54) is 11.3 Å². The molecule has 130 valence electrons. The maximum absolute atomic E-state index is 13.2. The average molecular weight is 357 g/mol. The van der Waals surface area contributed by atoms with Crippen LogP contribution in [0.15, 0.2) is 29.8 Å². The van der Waals surface area contributed by atoms with Crippen molar-refractivity contribution < 1.29 is 14.3 Å². The first-order valence-electron chi connectivity index (χ1n) is 8.18. The van der Waals surface area contributed by atoms with Gasteiger partial charge in [-0.2, -0.15) is 0 Å². The standard InChI is InChI=1S/C18H19N3O3S/c1-10-7-18(17(19)23)8-13(18)21(10)16(22)14-15(25-9-20-14)11-4-3-5-12(6-11)24-2/h3-6,9-10,13H,7-8H2,1-2H3,(H2,19,23)/t10-,13-,18+/m0/s1. The van der Waals surface area contributed by atoms with E-state index in [1.54, 1.807) is 17.5 Å². The van der Waals surface area contributed by atoms with E-state index in [9.17, 15) is 9.59 Å². The fourth-order valence-electron chi connectivity index (χ4n) is 4.00. The number of ether oxygens (including phenoxy) is 1. The van der Waals surface area contributed by atoms with Gasteiger partial charge in [-0.3, -0.25) is 9.59 Å². The number of methoxy groups -OCH3 is 1. The molecule has 1 aliphatic carbocycles. The van der Waals surface area contributed by atoms with Crippen LogP contribution in [0.4, 0.5) is 0 Å². The first kappa shape index (κ1) is 16.1. The smallest absolute Gasteiger partial charge is 0.274 e. The molecule has 1 aromatic carbocycles. The topological polar surface area (TPSA) is 85.5 Å². The Bertz CT molecular complexity index is 865. The van der Waals surface area contributed by atoms with E-state index in [0.717, 1.165) is 16.2 Å². The number of hydrogen-bond acceptors (Lipinski definition) is 5. The molecular formula is C18H19N3O3S. The monoisotopic (exact) mass is 357 g/mol. The number of piperidine rings is 1. The number of carbonyl (C=O) groups excluding carboxylic acids is 2. The van der Waals surface area contributed by atoms with Crippen LogP contribution in [0.2, 0.25) is 0 Å². The summed E-state index contributed by atoms with van der Waals surface area (Å²) >= 11 is 1.42. The van der Waals surface area contributed by atoms with E-state index in [0.29, 0.717) is 18.5 Å². The predicted octanol–water partition coefficient (Wildman–Crippen LogP) is 2.30. The molecule has 1 aromatic heterocycles. The van der Waals surface area contributed by atoms with Crippen molar-refractivity contribution in [3.8, 4) is 16.2 Å². The molecule has 4 rings (SSSR count). The third kappa shape index (κ3) is 2.33. The highest BCUT2D eigenvalue weighted by atomic mass is 32.1. The zero-order valence-electron chi connectivity index (χ0n) is 14.1. The second-order valence-corrected chi connectivity index (χ2v) is 7.62. The summed E-state index contributed by atoms with van der Waals surface area (Å²) in [7, 11) is 1.61. The Hall–Kier alpha value is -2.41. The molecule has 1 aliphatic heterocycles. The third-order valence-corrected chi connectivity index (χ3v) is 6.21. The van der Waals surface area contributed by atoms with E-state index < -0.39 is 5.41 Å². The molecule has 2 amide bonds. The molecule has 6 nitrogen and oxygen atoms in total. The van der Waals surface area contributed by atoms with Crippen LogP contribution in [-0.2, 0) is 4.79 Å². The number of nitrogens with two attached hydrogens (primary N) is 1. The van der Waals surface area contributed by atoms with Crippen molar-refractivity contribution in [1.82, 2.24) is 9.88 Å². The minimum atomic E-state index is -0.527. The van der Waals surface area contributed by atoms with Gasteiger partial charge in [-0.05, 0) is 37.5 Å². The number of fused-ring (bicyclic) bond motifs is 1. The van der Waals surface area contributed by atoms with Gasteiger partial charge in [-0.1, -0.05) is 12.1 Å². The van der Waals surface area contributed by atoms with E-state index in [4.69, 9.17) is 10.5 Å². The summed E-state index contributed by atoms with van der Waals surface area (Å²) in [5.41, 5.74) is 8.04. The van der Waals surface area contributed by atoms with Gasteiger partial charge in [0.25, 0.3) is 5.91 Å². The molecule has 7 heteroatoms. The zero-order valence-corrected chi connectivity index (χ0v) is 14.9. The summed E-state index contributed by atoms with van der Waals surface area (Å²) < 4.78 is 5.27. The SMILES string of the molecule is COc1cccc(-c2scnc2C(=O)N2[C@H]3C[C@]3(C(N)=O)C[C@@H]2C)c1. The number of aromatic nitrogens is 1. The van der Waals surface area contributed by atoms with Gasteiger partial charge in [0.1, 0.15) is 11.4 Å². The Morgan fingerprint density at radius 1 is 1.40 bits per heavy atom. The first-order valence-corrected chi connectivity index (χ1v) is 9.06. The number of carbonyl (C=O) groups is 2. The van der Waals surface area contributed by atoms with E-state index in [2.05, 4.69) is 4.98 Å². The summed E-state index contributed by atoms with van der Waals surface area (Å²) in [5.74, 6) is 0.303. The molecule has 0 spiro atoms. The fourth-order valence-corrected chi connectivity index (χ4v) is 4.78. The Kier molecular flexibility index (Phi) is 3.57. The summed E-state index contributed by atoms with van der Waals surface area (Å²) in [6, 6.07) is 7.47. The molecule has 2 aromatic rings. The highest BCUT2D eigenvalue weighted by Crippen LogP contribution is 2.59. The van der Waals surface area contributed by atoms with Gasteiger partial charge in [0.05, 0.1) is 22.9 Å². The molecule has 2 aliphatic rings. The second-order valence-electron chi connectivity index (χ2n) is 6.77. The minimum absolute atomic E-state index is 0.0152. The van der Waals surface area contributed by atoms with Crippen LogP contribution in [0.3, 0.4) is 0 Å². The second kappa shape index (κ2) is 5.56. The van der Waals surface area contributed by atoms with Crippen molar-refractivity contribution in [2.45, 2.75) is 31.8 Å². The van der Waals surface area contributed by atoms with Crippen LogP contribution in [0, 0.1) is 5.41 Å². The van der Waals surface area contributed by atoms with Gasteiger partial charge in [-0.25, -0.2) is 4.98 Å². The minimum Gasteiger partial charge on any atom is -0.497 e. The van der Waals surface area contributed by atoms with Gasteiger partial charge in [0.2, 0.25) is 5.91 Å². The van der Waals surface area contributed by atoms with Crippen molar-refractivity contribution in [2.75, 3.05) is 7.11 Å². The number of amides is 2. The Balaban J connectivity index is 1.67. The Labute approximate surface area is 149 Å².